The summed E-state index contributed by atoms with van der Waals surface area (Å²) in [6.07, 6.45) is 2.08. The molecule has 2 heterocycles. The molecule has 1 N–H and O–H groups in total. The van der Waals surface area contributed by atoms with E-state index in [1.165, 1.54) is 12.0 Å². The van der Waals surface area contributed by atoms with Crippen molar-refractivity contribution in [2.75, 3.05) is 20.6 Å². The zero-order valence-corrected chi connectivity index (χ0v) is 12.2. The second-order valence-electron chi connectivity index (χ2n) is 6.47. The molecular formula is C18H21NO3. The zero-order valence-electron chi connectivity index (χ0n) is 18.2. The van der Waals surface area contributed by atoms with E-state index in [1.54, 1.807) is 12.2 Å². The van der Waals surface area contributed by atoms with E-state index in [2.05, 4.69) is 0 Å². The van der Waals surface area contributed by atoms with E-state index in [0.29, 0.717) is 17.7 Å². The third-order valence-corrected chi connectivity index (χ3v) is 5.66. The van der Waals surface area contributed by atoms with E-state index < -0.39 is 36.5 Å². The first-order valence-electron chi connectivity index (χ1n) is 10.6. The Morgan fingerprint density at radius 2 is 2.45 bits per heavy atom. The summed E-state index contributed by atoms with van der Waals surface area (Å²) >= 11 is 0. The lowest BCUT2D eigenvalue weighted by molar-refractivity contribution is -0.0453. The molecule has 5 atom stereocenters. The van der Waals surface area contributed by atoms with Crippen molar-refractivity contribution in [2.45, 2.75) is 36.5 Å². The summed E-state index contributed by atoms with van der Waals surface area (Å²) in [6, 6.07) is -1.73. The Labute approximate surface area is 138 Å². The minimum Gasteiger partial charge on any atom is -0.493 e. The number of likely N-dealkylation sites (tertiary alicyclic amines) is 1. The molecule has 5 rings (SSSR count). The van der Waals surface area contributed by atoms with Gasteiger partial charge in [0.2, 0.25) is 0 Å². The fourth-order valence-electron chi connectivity index (χ4n) is 4.79. The Kier molecular flexibility index (Phi) is 1.54. The van der Waals surface area contributed by atoms with Crippen LogP contribution in [0.2, 0.25) is 0 Å². The first-order chi connectivity index (χ1) is 13.1. The molecular weight excluding hydrogens is 278 g/mol. The van der Waals surface area contributed by atoms with Crippen molar-refractivity contribution in [3.8, 4) is 11.5 Å². The summed E-state index contributed by atoms with van der Waals surface area (Å²) in [7, 11) is 1.42. The summed E-state index contributed by atoms with van der Waals surface area (Å²) in [5.41, 5.74) is 0.375. The Balaban J connectivity index is 1.86. The van der Waals surface area contributed by atoms with Crippen LogP contribution >= 0.6 is 0 Å². The predicted octanol–water partition coefficient (Wildman–Crippen LogP) is 1.50. The largest absolute Gasteiger partial charge is 0.493 e. The monoisotopic (exact) mass is 305 g/mol. The van der Waals surface area contributed by atoms with Gasteiger partial charge in [0.1, 0.15) is 12.2 Å². The fraction of sp³-hybridized carbons (Fsp3) is 0.556. The first-order valence-corrected chi connectivity index (χ1v) is 7.58. The lowest BCUT2D eigenvalue weighted by Gasteiger charge is -2.56. The lowest BCUT2D eigenvalue weighted by Crippen LogP contribution is -2.64. The van der Waals surface area contributed by atoms with Crippen molar-refractivity contribution in [1.29, 1.82) is 0 Å². The van der Waals surface area contributed by atoms with Crippen LogP contribution in [0.5, 0.6) is 11.5 Å². The molecule has 1 spiro atoms. The van der Waals surface area contributed by atoms with Crippen LogP contribution in [0.4, 0.5) is 0 Å². The quantitative estimate of drug-likeness (QED) is 0.799. The smallest absolute Gasteiger partial charge is 0.165 e. The molecule has 4 aliphatic rings. The number of aliphatic hydroxyl groups is 1. The van der Waals surface area contributed by atoms with Crippen LogP contribution < -0.4 is 9.47 Å². The summed E-state index contributed by atoms with van der Waals surface area (Å²) in [4.78, 5) is 1.23. The highest BCUT2D eigenvalue weighted by Crippen LogP contribution is 2.62. The minimum atomic E-state index is -2.46. The van der Waals surface area contributed by atoms with Gasteiger partial charge in [-0.2, -0.15) is 0 Å². The topological polar surface area (TPSA) is 41.9 Å². The van der Waals surface area contributed by atoms with Gasteiger partial charge in [-0.1, -0.05) is 18.2 Å². The van der Waals surface area contributed by atoms with Crippen molar-refractivity contribution >= 4 is 0 Å². The number of nitrogens with zero attached hydrogens (tertiary/aromatic N) is 1. The number of methoxy groups -OCH3 is 1. The van der Waals surface area contributed by atoms with Crippen molar-refractivity contribution in [3.63, 3.8) is 0 Å². The Bertz CT molecular complexity index is 918. The van der Waals surface area contributed by atoms with Gasteiger partial charge >= 0.3 is 0 Å². The number of benzene rings is 1. The van der Waals surface area contributed by atoms with E-state index in [0.717, 1.165) is 5.56 Å². The van der Waals surface area contributed by atoms with E-state index in [1.807, 2.05) is 0 Å². The number of aliphatic hydroxyl groups excluding tert-OH is 1. The summed E-state index contributed by atoms with van der Waals surface area (Å²) in [6.45, 7) is -2.30. The van der Waals surface area contributed by atoms with Crippen LogP contribution in [0.1, 0.15) is 25.8 Å². The van der Waals surface area contributed by atoms with Crippen molar-refractivity contribution in [3.05, 3.63) is 35.4 Å². The molecule has 1 fully saturated rings. The molecule has 2 unspecified atom stereocenters. The van der Waals surface area contributed by atoms with Gasteiger partial charge in [0.05, 0.1) is 9.85 Å². The molecule has 1 aromatic rings. The van der Waals surface area contributed by atoms with E-state index >= 15 is 0 Å². The molecule has 116 valence electrons. The highest BCUT2D eigenvalue weighted by Gasteiger charge is 2.64. The number of rotatable bonds is 1. The third-order valence-electron chi connectivity index (χ3n) is 5.66. The average molecular weight is 305 g/mol. The second kappa shape index (κ2) is 4.06. The number of hydrogen-bond acceptors (Lipinski definition) is 4. The molecule has 2 bridgehead atoms. The molecule has 0 amide bonds. The van der Waals surface area contributed by atoms with E-state index in [4.69, 9.17) is 16.3 Å². The molecule has 0 radical (unpaired) electrons. The van der Waals surface area contributed by atoms with Crippen LogP contribution in [0.25, 0.3) is 0 Å². The Morgan fingerprint density at radius 1 is 1.55 bits per heavy atom. The minimum absolute atomic E-state index is 0.00532. The average Bonchev–Trinajstić information content (AvgIpc) is 2.93. The van der Waals surface area contributed by atoms with Gasteiger partial charge in [0.15, 0.2) is 11.5 Å². The fourth-order valence-corrected chi connectivity index (χ4v) is 4.79. The Hall–Kier alpha value is -1.52. The Morgan fingerprint density at radius 3 is 3.27 bits per heavy atom. The standard InChI is InChI=1S/C18H21NO3/c1-19-8-7-18-11-4-5-13(20)17(18)22-16-14(21-2)6-3-10(15(16)18)9-12(11)19/h3-6,11-13,17,20H,7-9H2,1-2H3/t11-,12+,13?,17?,18-/m0/s1/i1D3,3D,6D,12D. The molecule has 22 heavy (non-hydrogen) atoms. The molecule has 4 nitrogen and oxygen atoms in total. The molecule has 2 aliphatic carbocycles. The maximum Gasteiger partial charge on any atom is 0.165 e. The van der Waals surface area contributed by atoms with Gasteiger partial charge in [-0.05, 0) is 38.0 Å². The second-order valence-corrected chi connectivity index (χ2v) is 6.47. The molecule has 1 saturated heterocycles. The maximum atomic E-state index is 10.7. The maximum absolute atomic E-state index is 10.7. The van der Waals surface area contributed by atoms with E-state index in [9.17, 15) is 6.48 Å². The number of piperidine rings is 1. The molecule has 0 saturated carbocycles. The van der Waals surface area contributed by atoms with Gasteiger partial charge < -0.3 is 19.5 Å². The van der Waals surface area contributed by atoms with Gasteiger partial charge in [0, 0.05) is 28.4 Å². The first kappa shape index (κ1) is 8.37. The number of hydrogen-bond donors (Lipinski definition) is 1. The predicted molar refractivity (Wildman–Crippen MR) is 82.5 cm³/mol. The number of ether oxygens (including phenoxy) is 2. The number of likely N-dealkylation sites (N-methyl/N-ethyl adjacent to an activating group) is 1. The SMILES string of the molecule is [2H]c1c([2H])c(OC)c2c3c1C[C@]1([2H])[C@@H]4C=CC(O)C(O2)[C@]34CCN1C([2H])([2H])[2H]. The summed E-state index contributed by atoms with van der Waals surface area (Å²) in [5, 5.41) is 10.7. The molecule has 2 aliphatic heterocycles. The van der Waals surface area contributed by atoms with Crippen LogP contribution in [-0.2, 0) is 11.8 Å². The lowest BCUT2D eigenvalue weighted by atomic mass is 9.53. The van der Waals surface area contributed by atoms with Crippen molar-refractivity contribution in [2.24, 2.45) is 5.92 Å². The highest BCUT2D eigenvalue weighted by molar-refractivity contribution is 5.62. The van der Waals surface area contributed by atoms with Crippen LogP contribution in [0, 0.1) is 5.92 Å². The molecule has 1 aromatic carbocycles. The zero-order chi connectivity index (χ0) is 20.2. The normalized spacial score (nSPS) is 48.9. The summed E-state index contributed by atoms with van der Waals surface area (Å²) in [5.74, 6) is 0.00635. The van der Waals surface area contributed by atoms with Crippen LogP contribution in [0.3, 0.4) is 0 Å². The van der Waals surface area contributed by atoms with Gasteiger partial charge in [-0.25, -0.2) is 0 Å². The highest BCUT2D eigenvalue weighted by atomic mass is 16.5. The van der Waals surface area contributed by atoms with E-state index in [-0.39, 0.29) is 30.8 Å². The van der Waals surface area contributed by atoms with Gasteiger partial charge in [-0.15, -0.1) is 0 Å². The van der Waals surface area contributed by atoms with Crippen LogP contribution in [-0.4, -0.2) is 48.9 Å². The third kappa shape index (κ3) is 1.28. The molecule has 4 heteroatoms. The van der Waals surface area contributed by atoms with Crippen molar-refractivity contribution in [1.82, 2.24) is 4.90 Å². The van der Waals surface area contributed by atoms with Gasteiger partial charge in [0.25, 0.3) is 0 Å². The van der Waals surface area contributed by atoms with Crippen LogP contribution in [0.15, 0.2) is 24.2 Å². The van der Waals surface area contributed by atoms with Crippen molar-refractivity contribution < 1.29 is 22.8 Å². The summed E-state index contributed by atoms with van der Waals surface area (Å²) < 4.78 is 61.5. The van der Waals surface area contributed by atoms with Gasteiger partial charge in [-0.3, -0.25) is 0 Å². The molecule has 0 aromatic heterocycles.